The van der Waals surface area contributed by atoms with Crippen LogP contribution in [-0.2, 0) is 11.2 Å². The summed E-state index contributed by atoms with van der Waals surface area (Å²) < 4.78 is 0.555. The van der Waals surface area contributed by atoms with Crippen LogP contribution in [0, 0.1) is 0 Å². The average Bonchev–Trinajstić information content (AvgIpc) is 2.74. The molecule has 90 valence electrons. The molecule has 1 aromatic carbocycles. The Morgan fingerprint density at radius 2 is 2.12 bits per heavy atom. The van der Waals surface area contributed by atoms with E-state index in [4.69, 9.17) is 0 Å². The van der Waals surface area contributed by atoms with Crippen LogP contribution in [0.5, 0.6) is 0 Å². The normalized spacial score (nSPS) is 28.1. The zero-order valence-electron chi connectivity index (χ0n) is 9.72. The van der Waals surface area contributed by atoms with Crippen LogP contribution in [0.25, 0.3) is 0 Å². The largest absolute Gasteiger partial charge is 0.298 e. The lowest BCUT2D eigenvalue weighted by molar-refractivity contribution is -0.119. The number of fused-ring (bicyclic) bond motifs is 1. The topological polar surface area (TPSA) is 17.1 Å². The van der Waals surface area contributed by atoms with Gasteiger partial charge in [-0.3, -0.25) is 4.79 Å². The van der Waals surface area contributed by atoms with E-state index in [9.17, 15) is 4.79 Å². The minimum Gasteiger partial charge on any atom is -0.298 e. The molecule has 0 amide bonds. The molecule has 2 aliphatic rings. The van der Waals surface area contributed by atoms with Crippen LogP contribution in [0.15, 0.2) is 29.2 Å². The molecule has 17 heavy (non-hydrogen) atoms. The molecule has 1 aromatic rings. The minimum atomic E-state index is 0.274. The molecule has 3 heteroatoms. The summed E-state index contributed by atoms with van der Waals surface area (Å²) >= 11 is 3.85. The molecule has 0 bridgehead atoms. The lowest BCUT2D eigenvalue weighted by Crippen LogP contribution is -2.23. The number of ketones is 1. The predicted molar refractivity (Wildman–Crippen MR) is 74.6 cm³/mol. The van der Waals surface area contributed by atoms with Crippen LogP contribution < -0.4 is 0 Å². The second kappa shape index (κ2) is 5.07. The number of carbonyl (C=O) groups excluding carboxylic acids is 1. The standard InChI is InChI=1S/C14H16OS2/c15-11-6-2-4-8-13(11)17-14-9-10-5-1-3-7-12(10)16-14/h1,3,5,7,13-14H,2,4,6,8-9H2. The van der Waals surface area contributed by atoms with Crippen LogP contribution in [0.4, 0.5) is 0 Å². The Hall–Kier alpha value is -0.410. The van der Waals surface area contributed by atoms with Crippen LogP contribution in [0.3, 0.4) is 0 Å². The Morgan fingerprint density at radius 1 is 1.24 bits per heavy atom. The molecule has 1 heterocycles. The first-order valence-corrected chi connectivity index (χ1v) is 8.08. The fourth-order valence-electron chi connectivity index (χ4n) is 2.50. The zero-order chi connectivity index (χ0) is 11.7. The van der Waals surface area contributed by atoms with E-state index in [0.29, 0.717) is 10.4 Å². The number of hydrogen-bond acceptors (Lipinski definition) is 3. The van der Waals surface area contributed by atoms with Gasteiger partial charge < -0.3 is 0 Å². The number of carbonyl (C=O) groups is 1. The third-order valence-corrected chi connectivity index (χ3v) is 6.43. The fourth-order valence-corrected chi connectivity index (χ4v) is 5.66. The van der Waals surface area contributed by atoms with Crippen molar-refractivity contribution in [2.75, 3.05) is 0 Å². The van der Waals surface area contributed by atoms with Crippen molar-refractivity contribution in [3.8, 4) is 0 Å². The summed E-state index contributed by atoms with van der Waals surface area (Å²) in [7, 11) is 0. The highest BCUT2D eigenvalue weighted by atomic mass is 32.2. The van der Waals surface area contributed by atoms with E-state index >= 15 is 0 Å². The van der Waals surface area contributed by atoms with Gasteiger partial charge in [0.15, 0.2) is 0 Å². The van der Waals surface area contributed by atoms with E-state index in [-0.39, 0.29) is 5.25 Å². The maximum Gasteiger partial charge on any atom is 0.145 e. The number of hydrogen-bond donors (Lipinski definition) is 0. The van der Waals surface area contributed by atoms with E-state index in [0.717, 1.165) is 25.7 Å². The van der Waals surface area contributed by atoms with Gasteiger partial charge in [-0.1, -0.05) is 24.6 Å². The molecule has 2 unspecified atom stereocenters. The van der Waals surface area contributed by atoms with E-state index in [1.165, 1.54) is 16.9 Å². The third-order valence-electron chi connectivity index (χ3n) is 3.43. The summed E-state index contributed by atoms with van der Waals surface area (Å²) in [6.07, 6.45) is 5.36. The van der Waals surface area contributed by atoms with Gasteiger partial charge >= 0.3 is 0 Å². The zero-order valence-corrected chi connectivity index (χ0v) is 11.4. The van der Waals surface area contributed by atoms with Gasteiger partial charge in [-0.25, -0.2) is 0 Å². The average molecular weight is 264 g/mol. The van der Waals surface area contributed by atoms with Gasteiger partial charge in [0.05, 0.1) is 9.83 Å². The van der Waals surface area contributed by atoms with Gasteiger partial charge in [0.2, 0.25) is 0 Å². The van der Waals surface area contributed by atoms with Gasteiger partial charge in [0, 0.05) is 11.3 Å². The molecular formula is C14H16OS2. The Kier molecular flexibility index (Phi) is 3.48. The fraction of sp³-hybridized carbons (Fsp3) is 0.500. The van der Waals surface area contributed by atoms with E-state index < -0.39 is 0 Å². The molecule has 0 aromatic heterocycles. The number of rotatable bonds is 2. The molecule has 1 saturated carbocycles. The van der Waals surface area contributed by atoms with Crippen molar-refractivity contribution < 1.29 is 4.79 Å². The second-order valence-corrected chi connectivity index (χ2v) is 7.65. The minimum absolute atomic E-state index is 0.274. The molecule has 0 spiro atoms. The highest BCUT2D eigenvalue weighted by Gasteiger charge is 2.29. The summed E-state index contributed by atoms with van der Waals surface area (Å²) in [6, 6.07) is 8.62. The van der Waals surface area contributed by atoms with E-state index in [2.05, 4.69) is 24.3 Å². The summed E-state index contributed by atoms with van der Waals surface area (Å²) in [6.45, 7) is 0. The van der Waals surface area contributed by atoms with Gasteiger partial charge in [-0.15, -0.1) is 23.5 Å². The SMILES string of the molecule is O=C1CCCCC1SC1Cc2ccccc2S1. The lowest BCUT2D eigenvalue weighted by Gasteiger charge is -2.22. The maximum absolute atomic E-state index is 11.8. The number of thioether (sulfide) groups is 2. The molecule has 1 nitrogen and oxygen atoms in total. The quantitative estimate of drug-likeness (QED) is 0.806. The van der Waals surface area contributed by atoms with Crippen LogP contribution in [0.2, 0.25) is 0 Å². The molecule has 0 N–H and O–H groups in total. The first-order valence-electron chi connectivity index (χ1n) is 6.25. The van der Waals surface area contributed by atoms with Crippen LogP contribution in [-0.4, -0.2) is 15.6 Å². The molecule has 1 aliphatic heterocycles. The second-order valence-electron chi connectivity index (χ2n) is 4.70. The number of benzene rings is 1. The van der Waals surface area contributed by atoms with Crippen molar-refractivity contribution in [1.29, 1.82) is 0 Å². The van der Waals surface area contributed by atoms with Crippen molar-refractivity contribution in [3.05, 3.63) is 29.8 Å². The van der Waals surface area contributed by atoms with Gasteiger partial charge in [0.25, 0.3) is 0 Å². The maximum atomic E-state index is 11.8. The van der Waals surface area contributed by atoms with E-state index in [1.807, 2.05) is 23.5 Å². The van der Waals surface area contributed by atoms with Crippen molar-refractivity contribution >= 4 is 29.3 Å². The first-order chi connectivity index (χ1) is 8.33. The van der Waals surface area contributed by atoms with Crippen LogP contribution >= 0.6 is 23.5 Å². The molecular weight excluding hydrogens is 248 g/mol. The molecule has 1 aliphatic carbocycles. The molecule has 0 radical (unpaired) electrons. The van der Waals surface area contributed by atoms with E-state index in [1.54, 1.807) is 0 Å². The first kappa shape index (κ1) is 11.7. The Labute approximate surface area is 111 Å². The predicted octanol–water partition coefficient (Wildman–Crippen LogP) is 3.91. The molecule has 3 rings (SSSR count). The third kappa shape index (κ3) is 2.55. The van der Waals surface area contributed by atoms with Gasteiger partial charge in [-0.05, 0) is 30.9 Å². The molecule has 1 fully saturated rings. The molecule has 2 atom stereocenters. The van der Waals surface area contributed by atoms with Gasteiger partial charge in [0.1, 0.15) is 5.78 Å². The van der Waals surface area contributed by atoms with Crippen molar-refractivity contribution in [1.82, 2.24) is 0 Å². The Morgan fingerprint density at radius 3 is 2.94 bits per heavy atom. The van der Waals surface area contributed by atoms with Crippen molar-refractivity contribution in [2.45, 2.75) is 46.8 Å². The summed E-state index contributed by atoms with van der Waals surface area (Å²) in [5.74, 6) is 0.484. The highest BCUT2D eigenvalue weighted by molar-refractivity contribution is 8.17. The summed E-state index contributed by atoms with van der Waals surface area (Å²) in [5, 5.41) is 0.274. The smallest absolute Gasteiger partial charge is 0.145 e. The number of Topliss-reactive ketones (excluding diaryl/α,β-unsaturated/α-hetero) is 1. The van der Waals surface area contributed by atoms with Crippen LogP contribution in [0.1, 0.15) is 31.2 Å². The summed E-state index contributed by atoms with van der Waals surface area (Å²) in [4.78, 5) is 13.2. The highest BCUT2D eigenvalue weighted by Crippen LogP contribution is 2.45. The summed E-state index contributed by atoms with van der Waals surface area (Å²) in [5.41, 5.74) is 1.46. The van der Waals surface area contributed by atoms with Crippen molar-refractivity contribution in [2.24, 2.45) is 0 Å². The molecule has 0 saturated heterocycles. The van der Waals surface area contributed by atoms with Gasteiger partial charge in [-0.2, -0.15) is 0 Å². The monoisotopic (exact) mass is 264 g/mol. The Bertz CT molecular complexity index is 405. The van der Waals surface area contributed by atoms with Crippen molar-refractivity contribution in [3.63, 3.8) is 0 Å². The lowest BCUT2D eigenvalue weighted by atomic mass is 9.99. The Balaban J connectivity index is 1.63.